The molecule has 0 atom stereocenters. The van der Waals surface area contributed by atoms with Crippen LogP contribution in [-0.2, 0) is 13.1 Å². The lowest BCUT2D eigenvalue weighted by Crippen LogP contribution is -2.31. The van der Waals surface area contributed by atoms with Crippen molar-refractivity contribution in [1.29, 1.82) is 5.26 Å². The number of primary amides is 1. The number of carbonyl (C=O) groups is 2. The third-order valence-electron chi connectivity index (χ3n) is 3.47. The maximum atomic E-state index is 12.2. The van der Waals surface area contributed by atoms with Gasteiger partial charge in [-0.2, -0.15) is 10.4 Å². The van der Waals surface area contributed by atoms with Crippen molar-refractivity contribution < 1.29 is 9.59 Å². The van der Waals surface area contributed by atoms with Crippen LogP contribution in [0, 0.1) is 11.3 Å². The van der Waals surface area contributed by atoms with E-state index in [4.69, 9.17) is 11.0 Å². The van der Waals surface area contributed by atoms with Gasteiger partial charge < -0.3 is 16.0 Å². The van der Waals surface area contributed by atoms with Gasteiger partial charge in [-0.15, -0.1) is 0 Å². The lowest BCUT2D eigenvalue weighted by molar-refractivity contribution is 0.102. The van der Waals surface area contributed by atoms with Gasteiger partial charge in [0.05, 0.1) is 30.4 Å². The second kappa shape index (κ2) is 5.21. The summed E-state index contributed by atoms with van der Waals surface area (Å²) >= 11 is 0. The molecule has 2 heterocycles. The molecule has 0 saturated carbocycles. The minimum atomic E-state index is -0.519. The zero-order valence-corrected chi connectivity index (χ0v) is 11.5. The fourth-order valence-corrected chi connectivity index (χ4v) is 2.28. The first-order valence-corrected chi connectivity index (χ1v) is 6.50. The number of nitriles is 1. The molecule has 1 aliphatic rings. The van der Waals surface area contributed by atoms with Gasteiger partial charge in [0, 0.05) is 11.1 Å². The number of nitrogens with one attached hydrogen (secondary N) is 2. The number of carbonyl (C=O) groups excluding carboxylic acids is 2. The Hall–Kier alpha value is -3.34. The van der Waals surface area contributed by atoms with E-state index in [9.17, 15) is 9.59 Å². The molecule has 0 radical (unpaired) electrons. The molecule has 3 rings (SSSR count). The van der Waals surface area contributed by atoms with E-state index < -0.39 is 6.03 Å². The summed E-state index contributed by atoms with van der Waals surface area (Å²) in [4.78, 5) is 24.8. The molecule has 0 fully saturated rings. The number of hydrogen-bond donors (Lipinski definition) is 3. The van der Waals surface area contributed by atoms with Gasteiger partial charge in [-0.05, 0) is 24.3 Å². The van der Waals surface area contributed by atoms with Crippen LogP contribution in [0.25, 0.3) is 0 Å². The molecule has 0 unspecified atom stereocenters. The lowest BCUT2D eigenvalue weighted by atomic mass is 10.1. The molecule has 1 aromatic heterocycles. The monoisotopic (exact) mass is 296 g/mol. The second-order valence-corrected chi connectivity index (χ2v) is 4.87. The number of nitrogens with zero attached hydrogens (tertiary/aromatic N) is 3. The number of urea groups is 1. The molecule has 110 valence electrons. The van der Waals surface area contributed by atoms with E-state index >= 15 is 0 Å². The number of rotatable bonds is 2. The van der Waals surface area contributed by atoms with Crippen molar-refractivity contribution in [3.63, 3.8) is 0 Å². The number of nitrogens with two attached hydrogens (primary N) is 1. The third kappa shape index (κ3) is 2.35. The van der Waals surface area contributed by atoms with Crippen LogP contribution in [0.3, 0.4) is 0 Å². The molecule has 8 nitrogen and oxygen atoms in total. The minimum absolute atomic E-state index is 0.310. The largest absolute Gasteiger partial charge is 0.351 e. The highest BCUT2D eigenvalue weighted by Crippen LogP contribution is 2.27. The maximum Gasteiger partial charge on any atom is 0.315 e. The van der Waals surface area contributed by atoms with Crippen molar-refractivity contribution in [3.8, 4) is 6.07 Å². The average molecular weight is 296 g/mol. The van der Waals surface area contributed by atoms with Gasteiger partial charge >= 0.3 is 6.03 Å². The summed E-state index contributed by atoms with van der Waals surface area (Å²) in [5, 5.41) is 18.3. The molecule has 0 spiro atoms. The first-order chi connectivity index (χ1) is 10.6. The Morgan fingerprint density at radius 3 is 2.68 bits per heavy atom. The summed E-state index contributed by atoms with van der Waals surface area (Å²) in [5.74, 6) is 0.0458. The highest BCUT2D eigenvalue weighted by atomic mass is 16.2. The molecule has 1 aliphatic heterocycles. The predicted molar refractivity (Wildman–Crippen MR) is 76.5 cm³/mol. The average Bonchev–Trinajstić information content (AvgIpc) is 3.09. The van der Waals surface area contributed by atoms with Gasteiger partial charge in [0.15, 0.2) is 5.82 Å². The van der Waals surface area contributed by atoms with Crippen molar-refractivity contribution in [1.82, 2.24) is 15.1 Å². The van der Waals surface area contributed by atoms with Crippen molar-refractivity contribution in [2.24, 2.45) is 5.73 Å². The van der Waals surface area contributed by atoms with Crippen LogP contribution in [0.1, 0.15) is 27.2 Å². The molecule has 4 N–H and O–H groups in total. The van der Waals surface area contributed by atoms with Gasteiger partial charge in [-0.25, -0.2) is 4.79 Å². The van der Waals surface area contributed by atoms with E-state index in [0.29, 0.717) is 30.0 Å². The highest BCUT2D eigenvalue weighted by Gasteiger charge is 2.27. The Labute approximate surface area is 125 Å². The van der Waals surface area contributed by atoms with Crippen LogP contribution in [0.15, 0.2) is 24.3 Å². The van der Waals surface area contributed by atoms with Crippen LogP contribution in [0.4, 0.5) is 10.6 Å². The number of amides is 3. The number of anilines is 1. The zero-order valence-electron chi connectivity index (χ0n) is 11.5. The van der Waals surface area contributed by atoms with E-state index in [2.05, 4.69) is 15.5 Å². The molecule has 2 aromatic rings. The normalized spacial score (nSPS) is 12.6. The molecule has 0 saturated heterocycles. The number of fused-ring (bicyclic) bond motifs is 1. The van der Waals surface area contributed by atoms with Crippen molar-refractivity contribution in [3.05, 3.63) is 46.6 Å². The standard InChI is InChI=1S/C14H12N6O2/c15-5-8-1-3-9(4-2-8)13(21)17-12-10-6-20(14(16)22)7-11(10)18-19-12/h1-4H,6-7H2,(H2,16,22)(H2,17,18,19,21). The van der Waals surface area contributed by atoms with Crippen LogP contribution in [0.2, 0.25) is 0 Å². The summed E-state index contributed by atoms with van der Waals surface area (Å²) in [6.45, 7) is 0.661. The fourth-order valence-electron chi connectivity index (χ4n) is 2.28. The lowest BCUT2D eigenvalue weighted by Gasteiger charge is -2.11. The van der Waals surface area contributed by atoms with Gasteiger partial charge in [0.2, 0.25) is 0 Å². The molecular formula is C14H12N6O2. The summed E-state index contributed by atoms with van der Waals surface area (Å²) in [5.41, 5.74) is 7.65. The molecule has 0 aliphatic carbocycles. The van der Waals surface area contributed by atoms with Gasteiger partial charge in [-0.1, -0.05) is 0 Å². The van der Waals surface area contributed by atoms with Crippen molar-refractivity contribution >= 4 is 17.8 Å². The number of hydrogen-bond acceptors (Lipinski definition) is 4. The molecule has 22 heavy (non-hydrogen) atoms. The van der Waals surface area contributed by atoms with Gasteiger partial charge in [0.25, 0.3) is 5.91 Å². The molecule has 3 amide bonds. The fraction of sp³-hybridized carbons (Fsp3) is 0.143. The summed E-state index contributed by atoms with van der Waals surface area (Å²) < 4.78 is 0. The summed E-state index contributed by atoms with van der Waals surface area (Å²) in [6, 6.07) is 7.74. The van der Waals surface area contributed by atoms with E-state index in [1.54, 1.807) is 24.3 Å². The van der Waals surface area contributed by atoms with Crippen LogP contribution >= 0.6 is 0 Å². The first kappa shape index (κ1) is 13.6. The molecule has 1 aromatic carbocycles. The zero-order chi connectivity index (χ0) is 15.7. The van der Waals surface area contributed by atoms with Crippen LogP contribution in [0.5, 0.6) is 0 Å². The van der Waals surface area contributed by atoms with E-state index in [1.807, 2.05) is 6.07 Å². The van der Waals surface area contributed by atoms with E-state index in [0.717, 1.165) is 11.3 Å². The Morgan fingerprint density at radius 2 is 2.05 bits per heavy atom. The smallest absolute Gasteiger partial charge is 0.315 e. The molecule has 8 heteroatoms. The Balaban J connectivity index is 1.76. The number of aromatic amines is 1. The van der Waals surface area contributed by atoms with Gasteiger partial charge in [-0.3, -0.25) is 9.89 Å². The summed E-state index contributed by atoms with van der Waals surface area (Å²) in [6.07, 6.45) is 0. The topological polar surface area (TPSA) is 128 Å². The Kier molecular flexibility index (Phi) is 3.23. The van der Waals surface area contributed by atoms with Crippen molar-refractivity contribution in [2.45, 2.75) is 13.1 Å². The van der Waals surface area contributed by atoms with Crippen LogP contribution in [-0.4, -0.2) is 27.0 Å². The first-order valence-electron chi connectivity index (χ1n) is 6.50. The summed E-state index contributed by atoms with van der Waals surface area (Å²) in [7, 11) is 0. The van der Waals surface area contributed by atoms with Crippen molar-refractivity contribution in [2.75, 3.05) is 5.32 Å². The number of H-pyrrole nitrogens is 1. The highest BCUT2D eigenvalue weighted by molar-refractivity contribution is 6.04. The molecule has 0 bridgehead atoms. The SMILES string of the molecule is N#Cc1ccc(C(=O)Nc2n[nH]c3c2CN(C(N)=O)C3)cc1. The third-order valence-corrected chi connectivity index (χ3v) is 3.47. The predicted octanol–water partition coefficient (Wildman–Crippen LogP) is 0.928. The van der Waals surface area contributed by atoms with E-state index in [1.165, 1.54) is 4.90 Å². The van der Waals surface area contributed by atoms with Gasteiger partial charge in [0.1, 0.15) is 0 Å². The Morgan fingerprint density at radius 1 is 1.32 bits per heavy atom. The second-order valence-electron chi connectivity index (χ2n) is 4.87. The van der Waals surface area contributed by atoms with E-state index in [-0.39, 0.29) is 5.91 Å². The van der Waals surface area contributed by atoms with Crippen LogP contribution < -0.4 is 11.1 Å². The number of benzene rings is 1. The number of aromatic nitrogens is 2. The quantitative estimate of drug-likeness (QED) is 0.761. The minimum Gasteiger partial charge on any atom is -0.351 e. The Bertz CT molecular complexity index is 787. The molecular weight excluding hydrogens is 284 g/mol. The maximum absolute atomic E-state index is 12.2.